The summed E-state index contributed by atoms with van der Waals surface area (Å²) < 4.78 is 11.2. The van der Waals surface area contributed by atoms with Gasteiger partial charge in [0.05, 0.1) is 16.7 Å². The lowest BCUT2D eigenvalue weighted by molar-refractivity contribution is 0.669. The molecule has 0 unspecified atom stereocenters. The second kappa shape index (κ2) is 12.9. The van der Waals surface area contributed by atoms with E-state index in [-0.39, 0.29) is 0 Å². The van der Waals surface area contributed by atoms with Gasteiger partial charge in [-0.05, 0) is 65.7 Å². The van der Waals surface area contributed by atoms with E-state index in [0.717, 1.165) is 72.0 Å². The van der Waals surface area contributed by atoms with E-state index in [9.17, 15) is 0 Å². The molecule has 0 bridgehead atoms. The van der Waals surface area contributed by atoms with Crippen molar-refractivity contribution in [2.45, 2.75) is 9.79 Å². The standard InChI is InChI=1S/C53H31N5OS/c1-3-15-32(16-4-1)50-54-51(34-18-11-17-33(31-34)36-22-13-28-43-46(36)37-21-7-9-27-42(37)59-43)56-52(55-50)39-24-12-26-41-47(39)48-38-23-14-30-45-49(38)58(40-25-8-10-29-44(40)60-45)53(48)57(41)35-19-5-2-6-20-35/h1-31H. The fourth-order valence-electron chi connectivity index (χ4n) is 9.23. The molecule has 1 aliphatic heterocycles. The first kappa shape index (κ1) is 33.3. The van der Waals surface area contributed by atoms with E-state index in [1.807, 2.05) is 48.2 Å². The van der Waals surface area contributed by atoms with E-state index in [1.54, 1.807) is 0 Å². The highest BCUT2D eigenvalue weighted by Gasteiger charge is 2.29. The second-order valence-corrected chi connectivity index (χ2v) is 16.2. The van der Waals surface area contributed by atoms with Gasteiger partial charge in [0.1, 0.15) is 16.8 Å². The molecule has 4 aromatic heterocycles. The molecule has 8 aromatic carbocycles. The molecule has 0 aliphatic carbocycles. The third kappa shape index (κ3) is 4.87. The number of fused-ring (bicyclic) bond motifs is 10. The molecule has 0 saturated carbocycles. The van der Waals surface area contributed by atoms with Gasteiger partial charge in [-0.2, -0.15) is 0 Å². The maximum absolute atomic E-state index is 6.28. The molecule has 6 nitrogen and oxygen atoms in total. The highest BCUT2D eigenvalue weighted by Crippen LogP contribution is 2.51. The Morgan fingerprint density at radius 3 is 1.95 bits per heavy atom. The van der Waals surface area contributed by atoms with Gasteiger partial charge in [-0.3, -0.25) is 9.13 Å². The molecular weight excluding hydrogens is 755 g/mol. The highest BCUT2D eigenvalue weighted by atomic mass is 32.2. The Kier molecular flexibility index (Phi) is 7.14. The minimum atomic E-state index is 0.605. The topological polar surface area (TPSA) is 61.7 Å². The van der Waals surface area contributed by atoms with Crippen LogP contribution in [0.15, 0.2) is 202 Å². The van der Waals surface area contributed by atoms with Gasteiger partial charge in [-0.15, -0.1) is 0 Å². The van der Waals surface area contributed by atoms with Crippen LogP contribution in [0.4, 0.5) is 0 Å². The van der Waals surface area contributed by atoms with Gasteiger partial charge in [0.25, 0.3) is 0 Å². The fourth-order valence-corrected chi connectivity index (χ4v) is 10.3. The van der Waals surface area contributed by atoms with Crippen molar-refractivity contribution in [2.75, 3.05) is 0 Å². The lowest BCUT2D eigenvalue weighted by Crippen LogP contribution is -2.05. The van der Waals surface area contributed by atoms with Crippen molar-refractivity contribution in [3.8, 4) is 56.7 Å². The van der Waals surface area contributed by atoms with E-state index in [0.29, 0.717) is 17.5 Å². The van der Waals surface area contributed by atoms with Crippen molar-refractivity contribution in [1.82, 2.24) is 24.1 Å². The first-order valence-corrected chi connectivity index (χ1v) is 20.8. The van der Waals surface area contributed by atoms with Crippen molar-refractivity contribution >= 4 is 66.5 Å². The monoisotopic (exact) mass is 785 g/mol. The summed E-state index contributed by atoms with van der Waals surface area (Å²) >= 11 is 1.83. The van der Waals surface area contributed by atoms with Gasteiger partial charge in [-0.1, -0.05) is 145 Å². The third-order valence-electron chi connectivity index (χ3n) is 11.8. The molecule has 7 heteroatoms. The Bertz CT molecular complexity index is 3700. The molecule has 0 spiro atoms. The minimum absolute atomic E-state index is 0.605. The van der Waals surface area contributed by atoms with Gasteiger partial charge in [0, 0.05) is 59.1 Å². The molecule has 13 rings (SSSR count). The summed E-state index contributed by atoms with van der Waals surface area (Å²) in [6.07, 6.45) is 0. The van der Waals surface area contributed by atoms with Crippen molar-refractivity contribution in [3.05, 3.63) is 188 Å². The van der Waals surface area contributed by atoms with Gasteiger partial charge in [0.15, 0.2) is 17.5 Å². The summed E-state index contributed by atoms with van der Waals surface area (Å²) in [6.45, 7) is 0. The first-order chi connectivity index (χ1) is 29.8. The van der Waals surface area contributed by atoms with Crippen LogP contribution >= 0.6 is 11.8 Å². The molecule has 0 amide bonds. The fraction of sp³-hybridized carbons (Fsp3) is 0. The zero-order valence-corrected chi connectivity index (χ0v) is 32.8. The van der Waals surface area contributed by atoms with Crippen molar-refractivity contribution < 1.29 is 4.42 Å². The van der Waals surface area contributed by atoms with Crippen LogP contribution in [0.5, 0.6) is 0 Å². The Morgan fingerprint density at radius 2 is 1.05 bits per heavy atom. The molecule has 0 saturated heterocycles. The van der Waals surface area contributed by atoms with Crippen LogP contribution < -0.4 is 0 Å². The zero-order valence-electron chi connectivity index (χ0n) is 32.0. The maximum Gasteiger partial charge on any atom is 0.164 e. The predicted molar refractivity (Wildman–Crippen MR) is 244 cm³/mol. The summed E-state index contributed by atoms with van der Waals surface area (Å²) in [5.74, 6) is 1.84. The number of benzene rings is 8. The number of aromatic nitrogens is 5. The second-order valence-electron chi connectivity index (χ2n) is 15.2. The van der Waals surface area contributed by atoms with Crippen LogP contribution in [0.2, 0.25) is 0 Å². The van der Waals surface area contributed by atoms with Gasteiger partial charge in [-0.25, -0.2) is 15.0 Å². The van der Waals surface area contributed by atoms with Gasteiger partial charge in [0.2, 0.25) is 0 Å². The van der Waals surface area contributed by atoms with E-state index in [2.05, 4.69) is 161 Å². The van der Waals surface area contributed by atoms with Crippen molar-refractivity contribution in [2.24, 2.45) is 0 Å². The molecule has 0 fully saturated rings. The largest absolute Gasteiger partial charge is 0.456 e. The quantitative estimate of drug-likeness (QED) is 0.174. The number of rotatable bonds is 5. The number of furan rings is 1. The molecular formula is C53H31N5OS. The molecule has 1 aliphatic rings. The lowest BCUT2D eigenvalue weighted by Gasteiger charge is -2.21. The summed E-state index contributed by atoms with van der Waals surface area (Å²) in [5.41, 5.74) is 12.3. The first-order valence-electron chi connectivity index (χ1n) is 20.0. The van der Waals surface area contributed by atoms with Crippen LogP contribution in [-0.4, -0.2) is 24.1 Å². The predicted octanol–water partition coefficient (Wildman–Crippen LogP) is 13.9. The number of para-hydroxylation sites is 4. The zero-order chi connectivity index (χ0) is 39.3. The number of nitrogens with zero attached hydrogens (tertiary/aromatic N) is 5. The SMILES string of the molecule is c1ccc(-c2nc(-c3cccc(-c4cccc5oc6ccccc6c45)c3)nc(-c3cccc4c3c3c5cccc6c5n(c3n4-c3ccccc3)-c3ccccc3S6)n2)cc1. The Labute approximate surface area is 348 Å². The lowest BCUT2D eigenvalue weighted by atomic mass is 9.98. The van der Waals surface area contributed by atoms with Crippen LogP contribution in [0.25, 0.3) is 111 Å². The van der Waals surface area contributed by atoms with Crippen molar-refractivity contribution in [1.29, 1.82) is 0 Å². The van der Waals surface area contributed by atoms with Gasteiger partial charge < -0.3 is 4.42 Å². The normalized spacial score (nSPS) is 12.3. The summed E-state index contributed by atoms with van der Waals surface area (Å²) in [5, 5.41) is 5.66. The summed E-state index contributed by atoms with van der Waals surface area (Å²) in [4.78, 5) is 18.4. The third-order valence-corrected chi connectivity index (χ3v) is 12.9. The molecule has 0 N–H and O–H groups in total. The van der Waals surface area contributed by atoms with E-state index >= 15 is 0 Å². The highest BCUT2D eigenvalue weighted by molar-refractivity contribution is 7.99. The molecule has 0 atom stereocenters. The average Bonchev–Trinajstić information content (AvgIpc) is 3.98. The van der Waals surface area contributed by atoms with Crippen LogP contribution in [0.1, 0.15) is 0 Å². The molecule has 0 radical (unpaired) electrons. The minimum Gasteiger partial charge on any atom is -0.456 e. The summed E-state index contributed by atoms with van der Waals surface area (Å²) in [6, 6.07) is 65.8. The smallest absolute Gasteiger partial charge is 0.164 e. The number of hydrogen-bond donors (Lipinski definition) is 0. The van der Waals surface area contributed by atoms with E-state index in [4.69, 9.17) is 19.4 Å². The van der Waals surface area contributed by atoms with Crippen LogP contribution in [0, 0.1) is 0 Å². The van der Waals surface area contributed by atoms with Gasteiger partial charge >= 0.3 is 0 Å². The molecule has 60 heavy (non-hydrogen) atoms. The van der Waals surface area contributed by atoms with Crippen LogP contribution in [-0.2, 0) is 0 Å². The Balaban J connectivity index is 1.10. The molecule has 5 heterocycles. The number of hydrogen-bond acceptors (Lipinski definition) is 5. The van der Waals surface area contributed by atoms with E-state index in [1.165, 1.54) is 31.8 Å². The maximum atomic E-state index is 6.28. The Morgan fingerprint density at radius 1 is 0.417 bits per heavy atom. The van der Waals surface area contributed by atoms with E-state index < -0.39 is 0 Å². The Hall–Kier alpha value is -7.74. The molecule has 280 valence electrons. The van der Waals surface area contributed by atoms with Crippen LogP contribution in [0.3, 0.4) is 0 Å². The average molecular weight is 786 g/mol. The van der Waals surface area contributed by atoms with Crippen molar-refractivity contribution in [3.63, 3.8) is 0 Å². The summed E-state index contributed by atoms with van der Waals surface area (Å²) in [7, 11) is 0. The molecule has 12 aromatic rings.